The number of benzene rings is 3. The van der Waals surface area contributed by atoms with Gasteiger partial charge in [-0.05, 0) is 53.6 Å². The van der Waals surface area contributed by atoms with E-state index in [1.54, 1.807) is 24.1 Å². The minimum atomic E-state index is -0.202. The lowest BCUT2D eigenvalue weighted by molar-refractivity contribution is -0.132. The number of hydrogen-bond acceptors (Lipinski definition) is 5. The summed E-state index contributed by atoms with van der Waals surface area (Å²) in [6.45, 7) is 5.10. The summed E-state index contributed by atoms with van der Waals surface area (Å²) in [7, 11) is 1.80. The van der Waals surface area contributed by atoms with Crippen LogP contribution in [0.25, 0.3) is 0 Å². The Balaban J connectivity index is 1.38. The zero-order valence-corrected chi connectivity index (χ0v) is 25.6. The molecule has 1 saturated heterocycles. The van der Waals surface area contributed by atoms with Gasteiger partial charge in [0.05, 0.1) is 16.4 Å². The van der Waals surface area contributed by atoms with E-state index in [2.05, 4.69) is 17.1 Å². The number of anilines is 2. The van der Waals surface area contributed by atoms with E-state index in [1.807, 2.05) is 89.1 Å². The molecule has 0 spiro atoms. The zero-order chi connectivity index (χ0) is 30.2. The van der Waals surface area contributed by atoms with Crippen molar-refractivity contribution in [3.05, 3.63) is 118 Å². The zero-order valence-electron chi connectivity index (χ0n) is 24.7. The molecule has 5 rings (SSSR count). The Morgan fingerprint density at radius 3 is 2.33 bits per heavy atom. The third-order valence-corrected chi connectivity index (χ3v) is 8.76. The Morgan fingerprint density at radius 1 is 0.884 bits per heavy atom. The van der Waals surface area contributed by atoms with E-state index in [9.17, 15) is 14.4 Å². The fourth-order valence-corrected chi connectivity index (χ4v) is 6.25. The smallest absolute Gasteiger partial charge is 0.265 e. The molecular formula is C35H38N4O3S. The molecule has 1 aliphatic heterocycles. The molecule has 0 aliphatic carbocycles. The van der Waals surface area contributed by atoms with Gasteiger partial charge < -0.3 is 20.0 Å². The van der Waals surface area contributed by atoms with E-state index in [1.165, 1.54) is 11.3 Å². The Bertz CT molecular complexity index is 1530. The summed E-state index contributed by atoms with van der Waals surface area (Å²) in [6.07, 6.45) is 1.54. The van der Waals surface area contributed by atoms with Crippen LogP contribution < -0.4 is 10.2 Å². The molecule has 0 unspecified atom stereocenters. The summed E-state index contributed by atoms with van der Waals surface area (Å²) in [5.74, 6) is -0.339. The van der Waals surface area contributed by atoms with Crippen molar-refractivity contribution in [3.8, 4) is 0 Å². The summed E-state index contributed by atoms with van der Waals surface area (Å²) < 4.78 is 0. The lowest BCUT2D eigenvalue weighted by Gasteiger charge is -2.28. The third-order valence-electron chi connectivity index (χ3n) is 7.90. The van der Waals surface area contributed by atoms with Crippen molar-refractivity contribution in [2.24, 2.45) is 0 Å². The summed E-state index contributed by atoms with van der Waals surface area (Å²) >= 11 is 1.37. The predicted octanol–water partition coefficient (Wildman–Crippen LogP) is 6.51. The number of carbonyl (C=O) groups is 3. The van der Waals surface area contributed by atoms with Crippen LogP contribution in [0.2, 0.25) is 0 Å². The first-order valence-corrected chi connectivity index (χ1v) is 15.7. The Labute approximate surface area is 257 Å². The molecule has 7 nitrogen and oxygen atoms in total. The van der Waals surface area contributed by atoms with E-state index in [4.69, 9.17) is 0 Å². The second-order valence-electron chi connectivity index (χ2n) is 10.8. The van der Waals surface area contributed by atoms with Crippen LogP contribution in [0.1, 0.15) is 56.8 Å². The van der Waals surface area contributed by atoms with Gasteiger partial charge in [0, 0.05) is 51.1 Å². The second kappa shape index (κ2) is 14.2. The second-order valence-corrected chi connectivity index (χ2v) is 11.8. The summed E-state index contributed by atoms with van der Waals surface area (Å²) in [4.78, 5) is 46.9. The average molecular weight is 595 g/mol. The molecule has 2 heterocycles. The van der Waals surface area contributed by atoms with E-state index in [-0.39, 0.29) is 23.6 Å². The van der Waals surface area contributed by atoms with Crippen LogP contribution in [-0.4, -0.2) is 60.7 Å². The van der Waals surface area contributed by atoms with Gasteiger partial charge in [0.1, 0.15) is 0 Å². The molecule has 4 aromatic rings. The van der Waals surface area contributed by atoms with Crippen LogP contribution in [0.15, 0.2) is 96.4 Å². The van der Waals surface area contributed by atoms with E-state index in [0.717, 1.165) is 36.2 Å². The first kappa shape index (κ1) is 30.0. The quantitative estimate of drug-likeness (QED) is 0.240. The molecular weight excluding hydrogens is 556 g/mol. The van der Waals surface area contributed by atoms with Gasteiger partial charge >= 0.3 is 0 Å². The highest BCUT2D eigenvalue weighted by molar-refractivity contribution is 7.12. The van der Waals surface area contributed by atoms with Crippen LogP contribution in [0.3, 0.4) is 0 Å². The number of thiophene rings is 1. The lowest BCUT2D eigenvalue weighted by Crippen LogP contribution is -2.38. The molecule has 222 valence electrons. The molecule has 1 aromatic heterocycles. The molecule has 0 radical (unpaired) electrons. The van der Waals surface area contributed by atoms with Crippen LogP contribution in [0, 0.1) is 0 Å². The fourth-order valence-electron chi connectivity index (χ4n) is 5.63. The van der Waals surface area contributed by atoms with Gasteiger partial charge in [0.25, 0.3) is 11.8 Å². The molecule has 43 heavy (non-hydrogen) atoms. The van der Waals surface area contributed by atoms with Crippen molar-refractivity contribution in [2.45, 2.75) is 32.2 Å². The van der Waals surface area contributed by atoms with Gasteiger partial charge in [-0.1, -0.05) is 73.7 Å². The van der Waals surface area contributed by atoms with E-state index < -0.39 is 0 Å². The molecule has 1 aliphatic rings. The highest BCUT2D eigenvalue weighted by Crippen LogP contribution is 2.29. The van der Waals surface area contributed by atoms with Gasteiger partial charge in [0.15, 0.2) is 0 Å². The van der Waals surface area contributed by atoms with Gasteiger partial charge in [0.2, 0.25) is 5.91 Å². The van der Waals surface area contributed by atoms with Crippen molar-refractivity contribution in [1.29, 1.82) is 0 Å². The normalized spacial score (nSPS) is 14.1. The Morgan fingerprint density at radius 2 is 1.63 bits per heavy atom. The van der Waals surface area contributed by atoms with Gasteiger partial charge in [-0.15, -0.1) is 11.3 Å². The molecule has 1 fully saturated rings. The minimum Gasteiger partial charge on any atom is -0.369 e. The molecule has 1 N–H and O–H groups in total. The molecule has 0 bridgehead atoms. The number of carbonyl (C=O) groups excluding carboxylic acids is 3. The molecule has 1 atom stereocenters. The van der Waals surface area contributed by atoms with Crippen molar-refractivity contribution < 1.29 is 14.4 Å². The number of amides is 3. The van der Waals surface area contributed by atoms with Crippen LogP contribution >= 0.6 is 11.3 Å². The fraction of sp³-hybridized carbons (Fsp3) is 0.286. The van der Waals surface area contributed by atoms with Gasteiger partial charge in [-0.3, -0.25) is 14.4 Å². The highest BCUT2D eigenvalue weighted by atomic mass is 32.1. The maximum absolute atomic E-state index is 13.9. The number of rotatable bonds is 9. The lowest BCUT2D eigenvalue weighted by atomic mass is 9.95. The van der Waals surface area contributed by atoms with Crippen LogP contribution in [-0.2, 0) is 11.3 Å². The number of hydrogen-bond donors (Lipinski definition) is 1. The first-order chi connectivity index (χ1) is 20.9. The Kier molecular flexibility index (Phi) is 9.89. The topological polar surface area (TPSA) is 73.0 Å². The van der Waals surface area contributed by atoms with Crippen molar-refractivity contribution in [1.82, 2.24) is 9.80 Å². The summed E-state index contributed by atoms with van der Waals surface area (Å²) in [5.41, 5.74) is 3.99. The highest BCUT2D eigenvalue weighted by Gasteiger charge is 2.28. The number of nitrogens with zero attached hydrogens (tertiary/aromatic N) is 3. The van der Waals surface area contributed by atoms with Crippen LogP contribution in [0.5, 0.6) is 0 Å². The predicted molar refractivity (Wildman–Crippen MR) is 174 cm³/mol. The monoisotopic (exact) mass is 594 g/mol. The Hall–Kier alpha value is -4.43. The van der Waals surface area contributed by atoms with Crippen LogP contribution in [0.4, 0.5) is 11.4 Å². The molecule has 3 aromatic carbocycles. The largest absolute Gasteiger partial charge is 0.369 e. The molecule has 3 amide bonds. The first-order valence-electron chi connectivity index (χ1n) is 14.8. The van der Waals surface area contributed by atoms with Crippen molar-refractivity contribution in [3.63, 3.8) is 0 Å². The van der Waals surface area contributed by atoms with Gasteiger partial charge in [-0.2, -0.15) is 0 Å². The third kappa shape index (κ3) is 7.32. The maximum Gasteiger partial charge on any atom is 0.265 e. The van der Waals surface area contributed by atoms with Gasteiger partial charge in [-0.25, -0.2) is 0 Å². The SMILES string of the molecule is CC[C@H](C(=O)N1CCCN(c2ccc(NC(=O)c3cccs3)cc2C(=O)N(C)Cc2ccccc2)CC1)c1ccccc1. The number of nitrogens with one attached hydrogen (secondary N) is 1. The van der Waals surface area contributed by atoms with Crippen molar-refractivity contribution >= 4 is 40.4 Å². The summed E-state index contributed by atoms with van der Waals surface area (Å²) in [6, 6.07) is 29.0. The minimum absolute atomic E-state index is 0.127. The molecule has 8 heteroatoms. The van der Waals surface area contributed by atoms with E-state index in [0.29, 0.717) is 42.3 Å². The average Bonchev–Trinajstić information content (AvgIpc) is 3.47. The van der Waals surface area contributed by atoms with E-state index >= 15 is 0 Å². The standard InChI is InChI=1S/C35H38N4O3S/c1-3-29(27-14-8-5-9-15-27)35(42)39-20-11-19-38(21-22-39)31-18-17-28(36-33(40)32-16-10-23-43-32)24-30(31)34(41)37(2)25-26-12-6-4-7-13-26/h4-10,12-18,23-24,29H,3,11,19-22,25H2,1-2H3,(H,36,40)/t29-/m0/s1. The summed E-state index contributed by atoms with van der Waals surface area (Å²) in [5, 5.41) is 4.82. The maximum atomic E-state index is 13.9. The van der Waals surface area contributed by atoms with Crippen molar-refractivity contribution in [2.75, 3.05) is 43.4 Å². The molecule has 0 saturated carbocycles.